The molecule has 5 nitrogen and oxygen atoms in total. The number of nitrogens with zero attached hydrogens (tertiary/aromatic N) is 2. The largest absolute Gasteiger partial charge is 0.376 e. The van der Waals surface area contributed by atoms with Crippen LogP contribution >= 0.6 is 0 Å². The van der Waals surface area contributed by atoms with Gasteiger partial charge in [0, 0.05) is 25.2 Å². The molecule has 3 heterocycles. The van der Waals surface area contributed by atoms with E-state index in [9.17, 15) is 4.79 Å². The number of rotatable bonds is 2. The zero-order chi connectivity index (χ0) is 13.5. The Bertz CT molecular complexity index is 518. The quantitative estimate of drug-likeness (QED) is 0.813. The van der Waals surface area contributed by atoms with Gasteiger partial charge < -0.3 is 14.4 Å². The third kappa shape index (κ3) is 2.21. The molecular weight excluding hydrogens is 256 g/mol. The molecule has 0 aromatic carbocycles. The lowest BCUT2D eigenvalue weighted by Gasteiger charge is -2.41. The maximum atomic E-state index is 12.8. The predicted octanol–water partition coefficient (Wildman–Crippen LogP) is 1.20. The van der Waals surface area contributed by atoms with Gasteiger partial charge in [-0.25, -0.2) is 0 Å². The van der Waals surface area contributed by atoms with Crippen molar-refractivity contribution in [1.29, 1.82) is 0 Å². The lowest BCUT2D eigenvalue weighted by Crippen LogP contribution is -2.55. The van der Waals surface area contributed by atoms with Gasteiger partial charge in [-0.2, -0.15) is 0 Å². The van der Waals surface area contributed by atoms with Crippen molar-refractivity contribution in [2.45, 2.75) is 31.0 Å². The molecule has 2 atom stereocenters. The number of amides is 1. The van der Waals surface area contributed by atoms with E-state index in [-0.39, 0.29) is 18.1 Å². The number of pyridine rings is 1. The molecule has 2 bridgehead atoms. The number of ether oxygens (including phenoxy) is 2. The summed E-state index contributed by atoms with van der Waals surface area (Å²) in [5, 5.41) is 0. The minimum atomic E-state index is 0.0208. The third-order valence-electron chi connectivity index (χ3n) is 4.16. The number of carbonyl (C=O) groups is 1. The molecule has 1 aliphatic carbocycles. The van der Waals surface area contributed by atoms with Crippen molar-refractivity contribution >= 4 is 5.91 Å². The highest BCUT2D eigenvalue weighted by Gasteiger charge is 2.36. The first-order chi connectivity index (χ1) is 9.81. The summed E-state index contributed by atoms with van der Waals surface area (Å²) in [6.45, 7) is 2.41. The SMILES string of the molecule is O=C(c1cccnc1C1CC1)N1CC2COCC(C1)O2. The van der Waals surface area contributed by atoms with Crippen LogP contribution in [0.3, 0.4) is 0 Å². The predicted molar refractivity (Wildman–Crippen MR) is 71.6 cm³/mol. The first-order valence-electron chi connectivity index (χ1n) is 7.28. The van der Waals surface area contributed by atoms with Crippen molar-refractivity contribution in [3.05, 3.63) is 29.6 Å². The van der Waals surface area contributed by atoms with E-state index in [1.165, 1.54) is 0 Å². The van der Waals surface area contributed by atoms with E-state index in [0.29, 0.717) is 32.2 Å². The maximum absolute atomic E-state index is 12.8. The zero-order valence-electron chi connectivity index (χ0n) is 11.3. The standard InChI is InChI=1S/C15H18N2O3/c18-15(13-2-1-5-16-14(13)10-3-4-10)17-6-11-8-19-9-12(7-17)20-11/h1-2,5,10-12H,3-4,6-9H2. The average molecular weight is 274 g/mol. The van der Waals surface area contributed by atoms with E-state index in [1.807, 2.05) is 17.0 Å². The summed E-state index contributed by atoms with van der Waals surface area (Å²) in [5.74, 6) is 0.583. The molecule has 1 aromatic heterocycles. The number of hydrogen-bond donors (Lipinski definition) is 0. The van der Waals surface area contributed by atoms with E-state index in [2.05, 4.69) is 4.98 Å². The number of carbonyl (C=O) groups excluding carboxylic acids is 1. The van der Waals surface area contributed by atoms with E-state index in [4.69, 9.17) is 9.47 Å². The van der Waals surface area contributed by atoms with Gasteiger partial charge in [0.15, 0.2) is 0 Å². The van der Waals surface area contributed by atoms with E-state index in [1.54, 1.807) is 6.20 Å². The van der Waals surface area contributed by atoms with Gasteiger partial charge in [0.25, 0.3) is 5.91 Å². The van der Waals surface area contributed by atoms with Crippen molar-refractivity contribution < 1.29 is 14.3 Å². The van der Waals surface area contributed by atoms with Crippen LogP contribution in [-0.2, 0) is 9.47 Å². The zero-order valence-corrected chi connectivity index (χ0v) is 11.3. The van der Waals surface area contributed by atoms with Crippen LogP contribution in [0.2, 0.25) is 0 Å². The van der Waals surface area contributed by atoms with E-state index < -0.39 is 0 Å². The minimum absolute atomic E-state index is 0.0208. The fourth-order valence-electron chi connectivity index (χ4n) is 3.06. The highest BCUT2D eigenvalue weighted by Crippen LogP contribution is 2.40. The normalized spacial score (nSPS) is 29.3. The Morgan fingerprint density at radius 3 is 2.70 bits per heavy atom. The minimum Gasteiger partial charge on any atom is -0.376 e. The second-order valence-corrected chi connectivity index (χ2v) is 5.84. The molecule has 20 heavy (non-hydrogen) atoms. The molecule has 2 saturated heterocycles. The van der Waals surface area contributed by atoms with Gasteiger partial charge in [0.1, 0.15) is 0 Å². The van der Waals surface area contributed by atoms with Crippen LogP contribution in [-0.4, -0.2) is 54.3 Å². The molecule has 0 spiro atoms. The molecule has 106 valence electrons. The summed E-state index contributed by atoms with van der Waals surface area (Å²) in [6.07, 6.45) is 4.13. The van der Waals surface area contributed by atoms with Gasteiger partial charge in [-0.1, -0.05) is 0 Å². The molecule has 3 fully saturated rings. The Kier molecular flexibility index (Phi) is 2.97. The van der Waals surface area contributed by atoms with Crippen molar-refractivity contribution in [2.24, 2.45) is 0 Å². The Morgan fingerprint density at radius 2 is 2.00 bits per heavy atom. The molecule has 2 unspecified atom stereocenters. The summed E-state index contributed by atoms with van der Waals surface area (Å²) in [4.78, 5) is 19.1. The first kappa shape index (κ1) is 12.3. The molecule has 2 aliphatic heterocycles. The van der Waals surface area contributed by atoms with Crippen LogP contribution in [0.25, 0.3) is 0 Å². The molecule has 3 aliphatic rings. The lowest BCUT2D eigenvalue weighted by atomic mass is 10.1. The average Bonchev–Trinajstić information content (AvgIpc) is 3.31. The number of aromatic nitrogens is 1. The number of morpholine rings is 1. The van der Waals surface area contributed by atoms with Gasteiger partial charge in [-0.05, 0) is 25.0 Å². The third-order valence-corrected chi connectivity index (χ3v) is 4.16. The van der Waals surface area contributed by atoms with Crippen LogP contribution in [0, 0.1) is 0 Å². The highest BCUT2D eigenvalue weighted by atomic mass is 16.6. The lowest BCUT2D eigenvalue weighted by molar-refractivity contribution is -0.172. The Balaban J connectivity index is 1.58. The molecule has 0 radical (unpaired) electrons. The highest BCUT2D eigenvalue weighted by molar-refractivity contribution is 5.95. The fourth-order valence-corrected chi connectivity index (χ4v) is 3.06. The van der Waals surface area contributed by atoms with Crippen molar-refractivity contribution in [2.75, 3.05) is 26.3 Å². The van der Waals surface area contributed by atoms with Crippen LogP contribution in [0.1, 0.15) is 34.8 Å². The van der Waals surface area contributed by atoms with Crippen LogP contribution < -0.4 is 0 Å². The Hall–Kier alpha value is -1.46. The summed E-state index contributed by atoms with van der Waals surface area (Å²) in [5.41, 5.74) is 1.75. The molecule has 4 rings (SSSR count). The molecule has 1 amide bonds. The number of hydrogen-bond acceptors (Lipinski definition) is 4. The topological polar surface area (TPSA) is 51.7 Å². The summed E-state index contributed by atoms with van der Waals surface area (Å²) in [6, 6.07) is 3.76. The van der Waals surface area contributed by atoms with Gasteiger partial charge in [-0.15, -0.1) is 0 Å². The smallest absolute Gasteiger partial charge is 0.255 e. The fraction of sp³-hybridized carbons (Fsp3) is 0.600. The van der Waals surface area contributed by atoms with E-state index in [0.717, 1.165) is 24.1 Å². The molecule has 1 saturated carbocycles. The molecule has 1 aromatic rings. The van der Waals surface area contributed by atoms with Crippen molar-refractivity contribution in [3.8, 4) is 0 Å². The molecule has 5 heteroatoms. The summed E-state index contributed by atoms with van der Waals surface area (Å²) >= 11 is 0. The molecule has 0 N–H and O–H groups in total. The summed E-state index contributed by atoms with van der Waals surface area (Å²) < 4.78 is 11.3. The van der Waals surface area contributed by atoms with Gasteiger partial charge >= 0.3 is 0 Å². The first-order valence-corrected chi connectivity index (χ1v) is 7.28. The van der Waals surface area contributed by atoms with Gasteiger partial charge in [0.2, 0.25) is 0 Å². The molecular formula is C15H18N2O3. The summed E-state index contributed by atoms with van der Waals surface area (Å²) in [7, 11) is 0. The van der Waals surface area contributed by atoms with Crippen LogP contribution in [0.15, 0.2) is 18.3 Å². The van der Waals surface area contributed by atoms with Crippen molar-refractivity contribution in [3.63, 3.8) is 0 Å². The number of fused-ring (bicyclic) bond motifs is 2. The second-order valence-electron chi connectivity index (χ2n) is 5.84. The second kappa shape index (κ2) is 4.82. The van der Waals surface area contributed by atoms with Crippen molar-refractivity contribution in [1.82, 2.24) is 9.88 Å². The van der Waals surface area contributed by atoms with Crippen LogP contribution in [0.4, 0.5) is 0 Å². The van der Waals surface area contributed by atoms with E-state index >= 15 is 0 Å². The van der Waals surface area contributed by atoms with Gasteiger partial charge in [0.05, 0.1) is 36.7 Å². The Labute approximate surface area is 117 Å². The monoisotopic (exact) mass is 274 g/mol. The van der Waals surface area contributed by atoms with Gasteiger partial charge in [-0.3, -0.25) is 9.78 Å². The maximum Gasteiger partial charge on any atom is 0.255 e. The Morgan fingerprint density at radius 1 is 1.25 bits per heavy atom. The van der Waals surface area contributed by atoms with Crippen LogP contribution in [0.5, 0.6) is 0 Å².